The molecule has 1 heterocycles. The van der Waals surface area contributed by atoms with E-state index in [4.69, 9.17) is 5.11 Å². The Kier molecular flexibility index (Phi) is 4.11. The largest absolute Gasteiger partial charge is 0.481 e. The molecule has 1 aromatic rings. The van der Waals surface area contributed by atoms with Crippen molar-refractivity contribution in [2.24, 2.45) is 18.9 Å². The summed E-state index contributed by atoms with van der Waals surface area (Å²) in [6, 6.07) is 0. The van der Waals surface area contributed by atoms with E-state index in [0.717, 1.165) is 17.0 Å². The van der Waals surface area contributed by atoms with Crippen LogP contribution in [0.3, 0.4) is 0 Å². The highest BCUT2D eigenvalue weighted by Crippen LogP contribution is 2.31. The Morgan fingerprint density at radius 1 is 1.35 bits per heavy atom. The van der Waals surface area contributed by atoms with Gasteiger partial charge >= 0.3 is 5.97 Å². The molecule has 1 saturated carbocycles. The fraction of sp³-hybridized carbons (Fsp3) is 0.643. The summed E-state index contributed by atoms with van der Waals surface area (Å²) >= 11 is 0. The van der Waals surface area contributed by atoms with Crippen LogP contribution in [0.1, 0.15) is 36.2 Å². The number of carboxylic acids is 1. The Hall–Kier alpha value is -1.85. The predicted octanol–water partition coefficient (Wildman–Crippen LogP) is 1.15. The zero-order valence-corrected chi connectivity index (χ0v) is 12.1. The predicted molar refractivity (Wildman–Crippen MR) is 73.0 cm³/mol. The molecule has 0 aromatic carbocycles. The van der Waals surface area contributed by atoms with Gasteiger partial charge in [-0.05, 0) is 33.1 Å². The van der Waals surface area contributed by atoms with Crippen molar-refractivity contribution in [3.8, 4) is 0 Å². The van der Waals surface area contributed by atoms with Gasteiger partial charge in [0.2, 0.25) is 5.91 Å². The summed E-state index contributed by atoms with van der Waals surface area (Å²) in [5.74, 6) is -1.38. The van der Waals surface area contributed by atoms with Crippen LogP contribution in [0.4, 0.5) is 0 Å². The van der Waals surface area contributed by atoms with Crippen molar-refractivity contribution in [2.45, 2.75) is 39.7 Å². The molecule has 0 saturated heterocycles. The zero-order chi connectivity index (χ0) is 14.9. The highest BCUT2D eigenvalue weighted by atomic mass is 16.4. The second kappa shape index (κ2) is 5.64. The van der Waals surface area contributed by atoms with E-state index < -0.39 is 5.97 Å². The number of carbonyl (C=O) groups is 2. The molecule has 0 radical (unpaired) electrons. The van der Waals surface area contributed by atoms with Gasteiger partial charge in [0.15, 0.2) is 0 Å². The number of carboxylic acid groups (broad SMARTS) is 1. The van der Waals surface area contributed by atoms with Gasteiger partial charge in [0, 0.05) is 30.8 Å². The SMILES string of the molecule is Cc1nn(C)c(C)c1CNC(=O)C1CCC(C(=O)O)C1. The Bertz CT molecular complexity index is 536. The third kappa shape index (κ3) is 2.84. The van der Waals surface area contributed by atoms with Gasteiger partial charge in [-0.15, -0.1) is 0 Å². The highest BCUT2D eigenvalue weighted by Gasteiger charge is 2.33. The minimum Gasteiger partial charge on any atom is -0.481 e. The molecule has 0 spiro atoms. The Balaban J connectivity index is 1.91. The fourth-order valence-electron chi connectivity index (χ4n) is 2.84. The van der Waals surface area contributed by atoms with Crippen LogP contribution < -0.4 is 5.32 Å². The summed E-state index contributed by atoms with van der Waals surface area (Å²) in [7, 11) is 1.88. The normalized spacial score (nSPS) is 21.9. The van der Waals surface area contributed by atoms with Crippen molar-refractivity contribution in [1.29, 1.82) is 0 Å². The van der Waals surface area contributed by atoms with Crippen molar-refractivity contribution < 1.29 is 14.7 Å². The van der Waals surface area contributed by atoms with Crippen molar-refractivity contribution in [1.82, 2.24) is 15.1 Å². The van der Waals surface area contributed by atoms with E-state index in [0.29, 0.717) is 25.8 Å². The van der Waals surface area contributed by atoms with Gasteiger partial charge < -0.3 is 10.4 Å². The molecule has 6 nitrogen and oxygen atoms in total. The van der Waals surface area contributed by atoms with E-state index in [1.54, 1.807) is 4.68 Å². The van der Waals surface area contributed by atoms with Gasteiger partial charge in [-0.3, -0.25) is 14.3 Å². The number of amides is 1. The third-order valence-electron chi connectivity index (χ3n) is 4.25. The van der Waals surface area contributed by atoms with Gasteiger partial charge in [-0.1, -0.05) is 0 Å². The first-order chi connectivity index (χ1) is 9.40. The highest BCUT2D eigenvalue weighted by molar-refractivity contribution is 5.80. The number of aryl methyl sites for hydroxylation is 2. The van der Waals surface area contributed by atoms with E-state index in [1.807, 2.05) is 20.9 Å². The van der Waals surface area contributed by atoms with E-state index in [9.17, 15) is 9.59 Å². The molecule has 1 fully saturated rings. The summed E-state index contributed by atoms with van der Waals surface area (Å²) in [6.45, 7) is 4.35. The molecule has 1 amide bonds. The monoisotopic (exact) mass is 279 g/mol. The van der Waals surface area contributed by atoms with Crippen LogP contribution in [-0.4, -0.2) is 26.8 Å². The number of hydrogen-bond donors (Lipinski definition) is 2. The molecule has 2 unspecified atom stereocenters. The van der Waals surface area contributed by atoms with Crippen LogP contribution in [0.15, 0.2) is 0 Å². The Morgan fingerprint density at radius 2 is 2.00 bits per heavy atom. The average Bonchev–Trinajstić information content (AvgIpc) is 2.95. The first-order valence-corrected chi connectivity index (χ1v) is 6.89. The molecule has 20 heavy (non-hydrogen) atoms. The number of nitrogens with zero attached hydrogens (tertiary/aromatic N) is 2. The molecule has 2 N–H and O–H groups in total. The van der Waals surface area contributed by atoms with E-state index in [-0.39, 0.29) is 17.7 Å². The molecule has 0 aliphatic heterocycles. The topological polar surface area (TPSA) is 84.2 Å². The summed E-state index contributed by atoms with van der Waals surface area (Å²) in [5.41, 5.74) is 2.99. The number of aliphatic carboxylic acids is 1. The van der Waals surface area contributed by atoms with Crippen molar-refractivity contribution in [2.75, 3.05) is 0 Å². The number of aromatic nitrogens is 2. The molecular formula is C14H21N3O3. The summed E-state index contributed by atoms with van der Waals surface area (Å²) in [4.78, 5) is 23.0. The lowest BCUT2D eigenvalue weighted by molar-refractivity contribution is -0.141. The quantitative estimate of drug-likeness (QED) is 0.866. The summed E-state index contributed by atoms with van der Waals surface area (Å²) < 4.78 is 1.80. The second-order valence-electron chi connectivity index (χ2n) is 5.54. The smallest absolute Gasteiger partial charge is 0.306 e. The number of nitrogens with one attached hydrogen (secondary N) is 1. The maximum atomic E-state index is 12.1. The molecule has 2 rings (SSSR count). The zero-order valence-electron chi connectivity index (χ0n) is 12.1. The van der Waals surface area contributed by atoms with Crippen LogP contribution in [0, 0.1) is 25.7 Å². The maximum absolute atomic E-state index is 12.1. The molecular weight excluding hydrogens is 258 g/mol. The summed E-state index contributed by atoms with van der Waals surface area (Å²) in [6.07, 6.45) is 1.71. The van der Waals surface area contributed by atoms with Crippen LogP contribution in [0.25, 0.3) is 0 Å². The minimum absolute atomic E-state index is 0.0450. The average molecular weight is 279 g/mol. The molecule has 110 valence electrons. The second-order valence-corrected chi connectivity index (χ2v) is 5.54. The molecule has 1 aromatic heterocycles. The first-order valence-electron chi connectivity index (χ1n) is 6.89. The molecule has 1 aliphatic rings. The lowest BCUT2D eigenvalue weighted by atomic mass is 10.0. The van der Waals surface area contributed by atoms with Crippen molar-refractivity contribution >= 4 is 11.9 Å². The van der Waals surface area contributed by atoms with Crippen molar-refractivity contribution in [3.05, 3.63) is 17.0 Å². The molecule has 0 bridgehead atoms. The number of hydrogen-bond acceptors (Lipinski definition) is 3. The van der Waals surface area contributed by atoms with Crippen LogP contribution >= 0.6 is 0 Å². The van der Waals surface area contributed by atoms with E-state index in [1.165, 1.54) is 0 Å². The fourth-order valence-corrected chi connectivity index (χ4v) is 2.84. The Labute approximate surface area is 118 Å². The van der Waals surface area contributed by atoms with E-state index >= 15 is 0 Å². The number of rotatable bonds is 4. The lowest BCUT2D eigenvalue weighted by Crippen LogP contribution is -2.29. The van der Waals surface area contributed by atoms with Crippen molar-refractivity contribution in [3.63, 3.8) is 0 Å². The molecule has 1 aliphatic carbocycles. The van der Waals surface area contributed by atoms with Crippen LogP contribution in [0.2, 0.25) is 0 Å². The molecule has 2 atom stereocenters. The third-order valence-corrected chi connectivity index (χ3v) is 4.25. The minimum atomic E-state index is -0.792. The van der Waals surface area contributed by atoms with Gasteiger partial charge in [0.05, 0.1) is 11.6 Å². The van der Waals surface area contributed by atoms with Gasteiger partial charge in [0.25, 0.3) is 0 Å². The number of carbonyl (C=O) groups excluding carboxylic acids is 1. The van der Waals surface area contributed by atoms with Gasteiger partial charge in [-0.25, -0.2) is 0 Å². The first kappa shape index (κ1) is 14.6. The van der Waals surface area contributed by atoms with Crippen LogP contribution in [0.5, 0.6) is 0 Å². The standard InChI is InChI=1S/C14H21N3O3/c1-8-12(9(2)17(3)16-8)7-15-13(18)10-4-5-11(6-10)14(19)20/h10-11H,4-7H2,1-3H3,(H,15,18)(H,19,20). The van der Waals surface area contributed by atoms with E-state index in [2.05, 4.69) is 10.4 Å². The van der Waals surface area contributed by atoms with Crippen LogP contribution in [-0.2, 0) is 23.2 Å². The lowest BCUT2D eigenvalue weighted by Gasteiger charge is -2.11. The molecule has 6 heteroatoms. The maximum Gasteiger partial charge on any atom is 0.306 e. The van der Waals surface area contributed by atoms with Gasteiger partial charge in [-0.2, -0.15) is 5.10 Å². The Morgan fingerprint density at radius 3 is 2.50 bits per heavy atom. The van der Waals surface area contributed by atoms with Gasteiger partial charge in [0.1, 0.15) is 0 Å². The summed E-state index contributed by atoms with van der Waals surface area (Å²) in [5, 5.41) is 16.2.